The van der Waals surface area contributed by atoms with Crippen LogP contribution in [0.1, 0.15) is 13.8 Å². The molecule has 3 rings (SSSR count). The van der Waals surface area contributed by atoms with Gasteiger partial charge in [-0.15, -0.1) is 0 Å². The predicted molar refractivity (Wildman–Crippen MR) is 88.5 cm³/mol. The van der Waals surface area contributed by atoms with Gasteiger partial charge in [0.15, 0.2) is 0 Å². The number of carbonyl (C=O) groups excluding carboxylic acids is 2. The number of likely N-dealkylation sites (N-methyl/N-ethyl adjacent to an activating group) is 1. The molecule has 2 aromatic rings. The van der Waals surface area contributed by atoms with Gasteiger partial charge < -0.3 is 15.0 Å². The molecule has 5 nitrogen and oxygen atoms in total. The van der Waals surface area contributed by atoms with Gasteiger partial charge in [-0.3, -0.25) is 9.59 Å². The quantitative estimate of drug-likeness (QED) is 0.881. The summed E-state index contributed by atoms with van der Waals surface area (Å²) in [7, 11) is 0. The maximum Gasteiger partial charge on any atom is 0.280 e. The van der Waals surface area contributed by atoms with E-state index >= 15 is 0 Å². The van der Waals surface area contributed by atoms with Crippen molar-refractivity contribution in [2.45, 2.75) is 19.4 Å². The van der Waals surface area contributed by atoms with Gasteiger partial charge >= 0.3 is 0 Å². The van der Waals surface area contributed by atoms with Gasteiger partial charge in [-0.05, 0) is 38.1 Å². The van der Waals surface area contributed by atoms with Crippen molar-refractivity contribution in [1.82, 2.24) is 0 Å². The number of hydrogen-bond donors (Lipinski definition) is 1. The Morgan fingerprint density at radius 2 is 1.88 bits per heavy atom. The summed E-state index contributed by atoms with van der Waals surface area (Å²) >= 11 is 0. The van der Waals surface area contributed by atoms with Crippen LogP contribution in [0.5, 0.6) is 5.75 Å². The summed E-state index contributed by atoms with van der Waals surface area (Å²) in [6.45, 7) is 3.60. The van der Waals surface area contributed by atoms with Crippen LogP contribution in [0.2, 0.25) is 0 Å². The highest BCUT2D eigenvalue weighted by molar-refractivity contribution is 6.19. The number of amides is 2. The Morgan fingerprint density at radius 3 is 2.58 bits per heavy atom. The molecule has 1 aliphatic rings. The van der Waals surface area contributed by atoms with E-state index in [4.69, 9.17) is 4.74 Å². The third kappa shape index (κ3) is 2.50. The van der Waals surface area contributed by atoms with Crippen LogP contribution >= 0.6 is 0 Å². The number of fused-ring (bicyclic) bond motifs is 1. The number of nitrogens with one attached hydrogen (secondary N) is 1. The number of nitrogens with zero attached hydrogens (tertiary/aromatic N) is 1. The van der Waals surface area contributed by atoms with Crippen molar-refractivity contribution in [2.75, 3.05) is 16.8 Å². The van der Waals surface area contributed by atoms with Gasteiger partial charge in [-0.1, -0.05) is 24.3 Å². The molecule has 124 valence electrons. The summed E-state index contributed by atoms with van der Waals surface area (Å²) in [5.74, 6) is -1.35. The minimum absolute atomic E-state index is 0.00188. The van der Waals surface area contributed by atoms with Crippen molar-refractivity contribution in [3.05, 3.63) is 54.3 Å². The van der Waals surface area contributed by atoms with Crippen molar-refractivity contribution in [3.8, 4) is 5.75 Å². The van der Waals surface area contributed by atoms with Crippen LogP contribution in [0.25, 0.3) is 0 Å². The highest BCUT2D eigenvalue weighted by Gasteiger charge is 2.50. The normalized spacial score (nSPS) is 19.5. The number of anilines is 2. The molecule has 1 atom stereocenters. The first kappa shape index (κ1) is 16.0. The van der Waals surface area contributed by atoms with Crippen molar-refractivity contribution < 1.29 is 18.7 Å². The maximum atomic E-state index is 13.8. The molecule has 2 aromatic carbocycles. The van der Waals surface area contributed by atoms with Gasteiger partial charge in [0.25, 0.3) is 17.4 Å². The Balaban J connectivity index is 1.96. The number of ether oxygens (including phenoxy) is 1. The third-order valence-corrected chi connectivity index (χ3v) is 3.99. The summed E-state index contributed by atoms with van der Waals surface area (Å²) in [5, 5.41) is 2.44. The van der Waals surface area contributed by atoms with Gasteiger partial charge in [-0.2, -0.15) is 0 Å². The van der Waals surface area contributed by atoms with E-state index in [9.17, 15) is 14.0 Å². The Kier molecular flexibility index (Phi) is 3.97. The second kappa shape index (κ2) is 5.96. The number of benzene rings is 2. The molecule has 1 heterocycles. The van der Waals surface area contributed by atoms with Crippen molar-refractivity contribution in [3.63, 3.8) is 0 Å². The maximum absolute atomic E-state index is 13.8. The van der Waals surface area contributed by atoms with Gasteiger partial charge in [0, 0.05) is 6.54 Å². The lowest BCUT2D eigenvalue weighted by Gasteiger charge is -2.39. The van der Waals surface area contributed by atoms with Crippen molar-refractivity contribution in [2.24, 2.45) is 0 Å². The Hall–Kier alpha value is -2.89. The molecule has 1 unspecified atom stereocenters. The molecule has 0 fully saturated rings. The fraction of sp³-hybridized carbons (Fsp3) is 0.222. The zero-order valence-corrected chi connectivity index (χ0v) is 13.4. The molecule has 0 aromatic heterocycles. The van der Waals surface area contributed by atoms with E-state index in [1.54, 1.807) is 30.3 Å². The first-order chi connectivity index (χ1) is 11.5. The van der Waals surface area contributed by atoms with Gasteiger partial charge in [0.2, 0.25) is 0 Å². The number of para-hydroxylation sites is 3. The third-order valence-electron chi connectivity index (χ3n) is 3.99. The lowest BCUT2D eigenvalue weighted by Crippen LogP contribution is -2.60. The molecule has 0 bridgehead atoms. The van der Waals surface area contributed by atoms with Crippen LogP contribution in [-0.2, 0) is 9.59 Å². The lowest BCUT2D eigenvalue weighted by molar-refractivity contribution is -0.145. The summed E-state index contributed by atoms with van der Waals surface area (Å²) in [4.78, 5) is 27.0. The van der Waals surface area contributed by atoms with Crippen LogP contribution in [0.3, 0.4) is 0 Å². The van der Waals surface area contributed by atoms with Crippen molar-refractivity contribution in [1.29, 1.82) is 0 Å². The number of carbonyl (C=O) groups is 2. The van der Waals surface area contributed by atoms with E-state index in [0.29, 0.717) is 18.0 Å². The highest BCUT2D eigenvalue weighted by Crippen LogP contribution is 2.38. The first-order valence-corrected chi connectivity index (χ1v) is 7.63. The molecule has 1 N–H and O–H groups in total. The Labute approximate surface area is 139 Å². The molecule has 2 amide bonds. The molecule has 1 aliphatic heterocycles. The highest BCUT2D eigenvalue weighted by atomic mass is 19.1. The number of halogens is 1. The minimum atomic E-state index is -1.77. The van der Waals surface area contributed by atoms with Crippen LogP contribution in [0.15, 0.2) is 48.5 Å². The zero-order chi connectivity index (χ0) is 17.3. The summed E-state index contributed by atoms with van der Waals surface area (Å²) in [6, 6.07) is 12.8. The second-order valence-electron chi connectivity index (χ2n) is 5.59. The second-order valence-corrected chi connectivity index (χ2v) is 5.59. The smallest absolute Gasteiger partial charge is 0.280 e. The average Bonchev–Trinajstić information content (AvgIpc) is 2.58. The Morgan fingerprint density at radius 1 is 1.21 bits per heavy atom. The van der Waals surface area contributed by atoms with E-state index in [0.717, 1.165) is 0 Å². The summed E-state index contributed by atoms with van der Waals surface area (Å²) < 4.78 is 19.5. The van der Waals surface area contributed by atoms with Gasteiger partial charge in [0.1, 0.15) is 11.6 Å². The van der Waals surface area contributed by atoms with E-state index in [-0.39, 0.29) is 5.69 Å². The molecule has 0 saturated heterocycles. The molecule has 6 heteroatoms. The molecule has 0 aliphatic carbocycles. The molecule has 24 heavy (non-hydrogen) atoms. The SMILES string of the molecule is CCN1C(=O)C(C)(C(=O)Nc2ccccc2F)Oc2ccccc21. The molecule has 0 radical (unpaired) electrons. The van der Waals surface area contributed by atoms with Crippen LogP contribution in [-0.4, -0.2) is 24.0 Å². The topological polar surface area (TPSA) is 58.6 Å². The fourth-order valence-corrected chi connectivity index (χ4v) is 2.66. The van der Waals surface area contributed by atoms with Crippen LogP contribution < -0.4 is 15.0 Å². The summed E-state index contributed by atoms with van der Waals surface area (Å²) in [5.41, 5.74) is -1.16. The first-order valence-electron chi connectivity index (χ1n) is 7.63. The van der Waals surface area contributed by atoms with E-state index in [2.05, 4.69) is 5.32 Å². The molecular formula is C18H17FN2O3. The largest absolute Gasteiger partial charge is 0.465 e. The Bertz CT molecular complexity index is 808. The monoisotopic (exact) mass is 328 g/mol. The van der Waals surface area contributed by atoms with E-state index in [1.807, 2.05) is 6.92 Å². The van der Waals surface area contributed by atoms with E-state index < -0.39 is 23.2 Å². The van der Waals surface area contributed by atoms with Crippen LogP contribution in [0, 0.1) is 5.82 Å². The van der Waals surface area contributed by atoms with E-state index in [1.165, 1.54) is 30.0 Å². The van der Waals surface area contributed by atoms with Crippen molar-refractivity contribution >= 4 is 23.2 Å². The van der Waals surface area contributed by atoms with Crippen LogP contribution in [0.4, 0.5) is 15.8 Å². The molecule has 0 spiro atoms. The number of rotatable bonds is 3. The standard InChI is InChI=1S/C18H17FN2O3/c1-3-21-14-10-6-7-11-15(14)24-18(2,17(21)23)16(22)20-13-9-5-4-8-12(13)19/h4-11H,3H2,1-2H3,(H,20,22). The lowest BCUT2D eigenvalue weighted by atomic mass is 9.99. The molecule has 0 saturated carbocycles. The predicted octanol–water partition coefficient (Wildman–Crippen LogP) is 2.97. The minimum Gasteiger partial charge on any atom is -0.465 e. The average molecular weight is 328 g/mol. The number of hydrogen-bond acceptors (Lipinski definition) is 3. The molecular weight excluding hydrogens is 311 g/mol. The summed E-state index contributed by atoms with van der Waals surface area (Å²) in [6.07, 6.45) is 0. The van der Waals surface area contributed by atoms with Gasteiger partial charge in [-0.25, -0.2) is 4.39 Å². The fourth-order valence-electron chi connectivity index (χ4n) is 2.66. The van der Waals surface area contributed by atoms with Gasteiger partial charge in [0.05, 0.1) is 11.4 Å². The zero-order valence-electron chi connectivity index (χ0n) is 13.4.